The van der Waals surface area contributed by atoms with Crippen molar-refractivity contribution in [2.24, 2.45) is 0 Å². The first-order valence-electron chi connectivity index (χ1n) is 5.46. The van der Waals surface area contributed by atoms with E-state index >= 15 is 0 Å². The van der Waals surface area contributed by atoms with Gasteiger partial charge in [0.25, 0.3) is 0 Å². The summed E-state index contributed by atoms with van der Waals surface area (Å²) in [5, 5.41) is 0. The second kappa shape index (κ2) is 6.91. The summed E-state index contributed by atoms with van der Waals surface area (Å²) in [5.74, 6) is -1.19. The Balaban J connectivity index is 0.00000180. The molecule has 1 aromatic carbocycles. The van der Waals surface area contributed by atoms with Crippen molar-refractivity contribution < 1.29 is 41.5 Å². The molecule has 0 amide bonds. The number of hydrogen-bond acceptors (Lipinski definition) is 1. The van der Waals surface area contributed by atoms with Crippen LogP contribution in [0, 0.1) is 17.7 Å². The SMILES string of the molecule is C=C1C(Br)=C[C-]=C(c2ccc(F)cc2F)N1CC.[Y]. The molecule has 0 atom stereocenters. The zero-order valence-electron chi connectivity index (χ0n) is 10.4. The van der Waals surface area contributed by atoms with Gasteiger partial charge in [-0.3, -0.25) is 0 Å². The molecule has 0 aromatic heterocycles. The van der Waals surface area contributed by atoms with Crippen molar-refractivity contribution in [3.63, 3.8) is 0 Å². The third kappa shape index (κ3) is 3.42. The van der Waals surface area contributed by atoms with Crippen molar-refractivity contribution >= 4 is 21.6 Å². The minimum absolute atomic E-state index is 0. The largest absolute Gasteiger partial charge is 0.375 e. The fourth-order valence-electron chi connectivity index (χ4n) is 1.81. The molecule has 0 unspecified atom stereocenters. The summed E-state index contributed by atoms with van der Waals surface area (Å²) in [6.45, 7) is 6.48. The van der Waals surface area contributed by atoms with Crippen LogP contribution in [0.2, 0.25) is 0 Å². The van der Waals surface area contributed by atoms with Crippen molar-refractivity contribution in [2.45, 2.75) is 6.92 Å². The minimum Gasteiger partial charge on any atom is -0.375 e. The molecule has 1 aliphatic rings. The molecule has 1 aliphatic heterocycles. The normalized spacial score (nSPS) is 14.7. The van der Waals surface area contributed by atoms with Gasteiger partial charge in [0, 0.05) is 39.3 Å². The molecular formula is C14H11BrF2NY-. The molecule has 2 rings (SSSR count). The molecular weight excluding hydrogens is 389 g/mol. The number of likely N-dealkylation sites (N-methyl/N-ethyl adjacent to an activating group) is 1. The Morgan fingerprint density at radius 2 is 2.05 bits per heavy atom. The van der Waals surface area contributed by atoms with E-state index < -0.39 is 11.6 Å². The third-order valence-electron chi connectivity index (χ3n) is 2.71. The molecule has 5 heteroatoms. The number of nitrogens with zero attached hydrogens (tertiary/aromatic N) is 1. The maximum Gasteiger partial charge on any atom is 0.124 e. The molecule has 1 radical (unpaired) electrons. The maximum atomic E-state index is 13.8. The Labute approximate surface area is 145 Å². The Morgan fingerprint density at radius 1 is 1.37 bits per heavy atom. The van der Waals surface area contributed by atoms with Crippen LogP contribution in [-0.2, 0) is 32.7 Å². The molecule has 1 aromatic rings. The van der Waals surface area contributed by atoms with Crippen molar-refractivity contribution in [1.29, 1.82) is 0 Å². The van der Waals surface area contributed by atoms with Gasteiger partial charge >= 0.3 is 0 Å². The van der Waals surface area contributed by atoms with E-state index in [1.54, 1.807) is 6.08 Å². The first kappa shape index (κ1) is 16.7. The van der Waals surface area contributed by atoms with Gasteiger partial charge in [-0.05, 0) is 24.8 Å². The van der Waals surface area contributed by atoms with Gasteiger partial charge in [-0.1, -0.05) is 22.3 Å². The fourth-order valence-corrected chi connectivity index (χ4v) is 2.14. The minimum atomic E-state index is -0.602. The van der Waals surface area contributed by atoms with Crippen LogP contribution in [0.5, 0.6) is 0 Å². The number of rotatable bonds is 2. The number of hydrogen-bond donors (Lipinski definition) is 0. The second-order valence-corrected chi connectivity index (χ2v) is 4.65. The molecule has 1 nitrogen and oxygen atoms in total. The van der Waals surface area contributed by atoms with Gasteiger partial charge in [0.15, 0.2) is 0 Å². The number of allylic oxidation sites excluding steroid dienone is 3. The summed E-state index contributed by atoms with van der Waals surface area (Å²) in [6, 6.07) is 3.51. The van der Waals surface area contributed by atoms with E-state index in [2.05, 4.69) is 28.6 Å². The van der Waals surface area contributed by atoms with Gasteiger partial charge in [-0.15, -0.1) is 22.0 Å². The van der Waals surface area contributed by atoms with Crippen LogP contribution in [0.25, 0.3) is 5.70 Å². The van der Waals surface area contributed by atoms with Gasteiger partial charge in [0.1, 0.15) is 5.82 Å². The molecule has 19 heavy (non-hydrogen) atoms. The molecule has 0 aliphatic carbocycles. The third-order valence-corrected chi connectivity index (χ3v) is 3.40. The Kier molecular flexibility index (Phi) is 6.09. The van der Waals surface area contributed by atoms with Gasteiger partial charge < -0.3 is 4.90 Å². The van der Waals surface area contributed by atoms with E-state index in [4.69, 9.17) is 0 Å². The Morgan fingerprint density at radius 3 is 2.63 bits per heavy atom. The van der Waals surface area contributed by atoms with E-state index in [0.717, 1.165) is 16.2 Å². The fraction of sp³-hybridized carbons (Fsp3) is 0.143. The zero-order valence-corrected chi connectivity index (χ0v) is 14.8. The van der Waals surface area contributed by atoms with E-state index in [0.29, 0.717) is 17.8 Å². The summed E-state index contributed by atoms with van der Waals surface area (Å²) in [5.41, 5.74) is 1.61. The van der Waals surface area contributed by atoms with Gasteiger partial charge in [-0.25, -0.2) is 8.78 Å². The molecule has 1 heterocycles. The summed E-state index contributed by atoms with van der Waals surface area (Å²) >= 11 is 3.36. The van der Waals surface area contributed by atoms with Gasteiger partial charge in [-0.2, -0.15) is 12.2 Å². The molecule has 0 spiro atoms. The predicted octanol–water partition coefficient (Wildman–Crippen LogP) is 4.23. The van der Waals surface area contributed by atoms with Crippen molar-refractivity contribution in [1.82, 2.24) is 4.90 Å². The van der Waals surface area contributed by atoms with E-state index in [-0.39, 0.29) is 32.7 Å². The van der Waals surface area contributed by atoms with Crippen LogP contribution in [0.15, 0.2) is 41.0 Å². The molecule has 0 N–H and O–H groups in total. The Hall–Kier alpha value is -0.316. The quantitative estimate of drug-likeness (QED) is 0.672. The standard InChI is InChI=1S/C14H11BrF2N.Y/c1-3-18-9(2)12(15)6-7-14(18)11-5-4-10(16)8-13(11)17;/h4-6,8H,2-3H2,1H3;/q-1;. The molecule has 0 saturated carbocycles. The predicted molar refractivity (Wildman–Crippen MR) is 71.5 cm³/mol. The summed E-state index contributed by atoms with van der Waals surface area (Å²) in [7, 11) is 0. The van der Waals surface area contributed by atoms with Crippen LogP contribution >= 0.6 is 15.9 Å². The summed E-state index contributed by atoms with van der Waals surface area (Å²) in [6.07, 6.45) is 4.67. The van der Waals surface area contributed by atoms with Crippen LogP contribution in [0.4, 0.5) is 8.78 Å². The summed E-state index contributed by atoms with van der Waals surface area (Å²) in [4.78, 5) is 1.82. The smallest absolute Gasteiger partial charge is 0.124 e. The second-order valence-electron chi connectivity index (χ2n) is 3.80. The van der Waals surface area contributed by atoms with E-state index in [1.165, 1.54) is 12.1 Å². The van der Waals surface area contributed by atoms with Crippen LogP contribution < -0.4 is 0 Å². The average molecular weight is 400 g/mol. The van der Waals surface area contributed by atoms with Crippen molar-refractivity contribution in [2.75, 3.05) is 6.54 Å². The summed E-state index contributed by atoms with van der Waals surface area (Å²) < 4.78 is 27.5. The van der Waals surface area contributed by atoms with E-state index in [9.17, 15) is 8.78 Å². The van der Waals surface area contributed by atoms with Gasteiger partial charge in [0.05, 0.1) is 5.82 Å². The Bertz CT molecular complexity index is 567. The first-order chi connectivity index (χ1) is 8.54. The molecule has 0 bridgehead atoms. The van der Waals surface area contributed by atoms with Crippen LogP contribution in [0.1, 0.15) is 12.5 Å². The van der Waals surface area contributed by atoms with E-state index in [1.807, 2.05) is 11.8 Å². The monoisotopic (exact) mass is 399 g/mol. The number of benzene rings is 1. The van der Waals surface area contributed by atoms with Gasteiger partial charge in [0.2, 0.25) is 0 Å². The van der Waals surface area contributed by atoms with Crippen molar-refractivity contribution in [3.05, 3.63) is 64.3 Å². The molecule has 97 valence electrons. The average Bonchev–Trinajstić information content (AvgIpc) is 2.33. The first-order valence-corrected chi connectivity index (χ1v) is 6.25. The molecule has 0 fully saturated rings. The van der Waals surface area contributed by atoms with Crippen LogP contribution in [-0.4, -0.2) is 11.4 Å². The molecule has 0 saturated heterocycles. The van der Waals surface area contributed by atoms with Crippen LogP contribution in [0.3, 0.4) is 0 Å². The maximum absolute atomic E-state index is 13.8. The zero-order chi connectivity index (χ0) is 13.3. The topological polar surface area (TPSA) is 3.24 Å². The number of halogens is 3. The van der Waals surface area contributed by atoms with Crippen molar-refractivity contribution in [3.8, 4) is 0 Å².